The molecule has 0 spiro atoms. The van der Waals surface area contributed by atoms with E-state index in [2.05, 4.69) is 4.72 Å². The molecular weight excluding hydrogens is 364 g/mol. The molecular formula is C17H21ClN2O4S. The van der Waals surface area contributed by atoms with Gasteiger partial charge in [-0.15, -0.1) is 0 Å². The Labute approximate surface area is 152 Å². The zero-order valence-electron chi connectivity index (χ0n) is 14.2. The van der Waals surface area contributed by atoms with E-state index >= 15 is 0 Å². The number of hydrogen-bond donors (Lipinski definition) is 1. The van der Waals surface area contributed by atoms with Crippen molar-refractivity contribution in [2.75, 3.05) is 12.3 Å². The maximum Gasteiger partial charge on any atom is 0.259 e. The number of halogens is 1. The van der Waals surface area contributed by atoms with Crippen molar-refractivity contribution in [3.8, 4) is 0 Å². The van der Waals surface area contributed by atoms with Crippen LogP contribution in [-0.2, 0) is 25.0 Å². The molecule has 2 amide bonds. The Morgan fingerprint density at radius 2 is 1.80 bits per heavy atom. The number of amides is 2. The number of carbonyl (C=O) groups excluding carboxylic acids is 2. The maximum atomic E-state index is 13.1. The Morgan fingerprint density at radius 3 is 2.24 bits per heavy atom. The van der Waals surface area contributed by atoms with E-state index in [0.717, 1.165) is 18.4 Å². The molecule has 3 rings (SSSR count). The van der Waals surface area contributed by atoms with Crippen molar-refractivity contribution < 1.29 is 18.0 Å². The molecule has 1 aliphatic carbocycles. The van der Waals surface area contributed by atoms with Crippen molar-refractivity contribution in [1.29, 1.82) is 0 Å². The molecule has 1 heterocycles. The summed E-state index contributed by atoms with van der Waals surface area (Å²) in [6.07, 6.45) is 1.88. The molecule has 136 valence electrons. The fourth-order valence-corrected chi connectivity index (χ4v) is 4.00. The van der Waals surface area contributed by atoms with Crippen LogP contribution in [0.15, 0.2) is 24.3 Å². The van der Waals surface area contributed by atoms with E-state index in [0.29, 0.717) is 18.0 Å². The van der Waals surface area contributed by atoms with E-state index in [-0.39, 0.29) is 11.7 Å². The van der Waals surface area contributed by atoms with Crippen molar-refractivity contribution >= 4 is 33.4 Å². The van der Waals surface area contributed by atoms with Gasteiger partial charge in [-0.1, -0.05) is 23.7 Å². The van der Waals surface area contributed by atoms with Gasteiger partial charge in [0, 0.05) is 11.6 Å². The number of benzene rings is 1. The second-order valence-corrected chi connectivity index (χ2v) is 9.35. The van der Waals surface area contributed by atoms with E-state index in [4.69, 9.17) is 11.6 Å². The molecule has 0 bridgehead atoms. The van der Waals surface area contributed by atoms with Crippen LogP contribution in [0, 0.1) is 0 Å². The Morgan fingerprint density at radius 1 is 1.20 bits per heavy atom. The van der Waals surface area contributed by atoms with Crippen LogP contribution in [-0.4, -0.2) is 43.0 Å². The summed E-state index contributed by atoms with van der Waals surface area (Å²) in [6.45, 7) is 3.53. The Bertz CT molecular complexity index is 818. The van der Waals surface area contributed by atoms with Crippen LogP contribution in [0.2, 0.25) is 5.02 Å². The minimum atomic E-state index is -3.66. The summed E-state index contributed by atoms with van der Waals surface area (Å²) in [5.74, 6) is -0.939. The molecule has 1 N–H and O–H groups in total. The van der Waals surface area contributed by atoms with Crippen LogP contribution >= 0.6 is 11.6 Å². The SMILES string of the molecule is CCS(=O)(=O)NC(=O)C1(C)CCN1C(=O)C1(c2ccc(Cl)cc2)CC1. The normalized spacial score (nSPS) is 24.4. The van der Waals surface area contributed by atoms with Crippen molar-refractivity contribution in [1.82, 2.24) is 9.62 Å². The topological polar surface area (TPSA) is 83.6 Å². The number of likely N-dealkylation sites (tertiary alicyclic amines) is 1. The van der Waals surface area contributed by atoms with E-state index in [1.807, 2.05) is 12.1 Å². The zero-order chi connectivity index (χ0) is 18.5. The molecule has 25 heavy (non-hydrogen) atoms. The van der Waals surface area contributed by atoms with Gasteiger partial charge in [0.2, 0.25) is 15.9 Å². The summed E-state index contributed by atoms with van der Waals surface area (Å²) in [6, 6.07) is 7.18. The van der Waals surface area contributed by atoms with Gasteiger partial charge < -0.3 is 4.90 Å². The third-order valence-electron chi connectivity index (χ3n) is 5.34. The van der Waals surface area contributed by atoms with Crippen LogP contribution in [0.25, 0.3) is 0 Å². The van der Waals surface area contributed by atoms with Gasteiger partial charge in [-0.2, -0.15) is 0 Å². The lowest BCUT2D eigenvalue weighted by Gasteiger charge is -2.50. The number of nitrogens with one attached hydrogen (secondary N) is 1. The molecule has 1 saturated carbocycles. The second kappa shape index (κ2) is 5.99. The Kier molecular flexibility index (Phi) is 4.36. The van der Waals surface area contributed by atoms with Crippen molar-refractivity contribution in [3.63, 3.8) is 0 Å². The highest BCUT2D eigenvalue weighted by Gasteiger charge is 2.60. The van der Waals surface area contributed by atoms with Gasteiger partial charge in [0.05, 0.1) is 11.2 Å². The molecule has 6 nitrogen and oxygen atoms in total. The minimum absolute atomic E-state index is 0.118. The molecule has 0 aromatic heterocycles. The lowest BCUT2D eigenvalue weighted by molar-refractivity contribution is -0.158. The summed E-state index contributed by atoms with van der Waals surface area (Å²) in [7, 11) is -3.66. The number of hydrogen-bond acceptors (Lipinski definition) is 4. The first-order valence-electron chi connectivity index (χ1n) is 8.28. The van der Waals surface area contributed by atoms with Gasteiger partial charge in [0.1, 0.15) is 5.54 Å². The molecule has 0 radical (unpaired) electrons. The predicted octanol–water partition coefficient (Wildman–Crippen LogP) is 1.83. The third-order valence-corrected chi connectivity index (χ3v) is 6.85. The molecule has 1 atom stereocenters. The van der Waals surface area contributed by atoms with Crippen LogP contribution in [0.4, 0.5) is 0 Å². The lowest BCUT2D eigenvalue weighted by Crippen LogP contribution is -2.69. The number of carbonyl (C=O) groups is 2. The van der Waals surface area contributed by atoms with Gasteiger partial charge in [-0.25, -0.2) is 8.42 Å². The molecule has 2 fully saturated rings. The fourth-order valence-electron chi connectivity index (χ4n) is 3.22. The van der Waals surface area contributed by atoms with Gasteiger partial charge in [-0.3, -0.25) is 14.3 Å². The highest BCUT2D eigenvalue weighted by Crippen LogP contribution is 2.52. The fraction of sp³-hybridized carbons (Fsp3) is 0.529. The summed E-state index contributed by atoms with van der Waals surface area (Å²) >= 11 is 5.92. The highest BCUT2D eigenvalue weighted by atomic mass is 35.5. The number of nitrogens with zero attached hydrogens (tertiary/aromatic N) is 1. The molecule has 1 unspecified atom stereocenters. The summed E-state index contributed by atoms with van der Waals surface area (Å²) in [5.41, 5.74) is -0.852. The standard InChI is InChI=1S/C17H21ClN2O4S/c1-3-25(23,24)19-14(21)16(2)10-11-20(16)15(22)17(8-9-17)12-4-6-13(18)7-5-12/h4-7H,3,8-11H2,1-2H3,(H,19,21). The van der Waals surface area contributed by atoms with Gasteiger partial charge in [0.25, 0.3) is 5.91 Å². The third kappa shape index (κ3) is 3.04. The second-order valence-electron chi connectivity index (χ2n) is 6.90. The van der Waals surface area contributed by atoms with E-state index in [1.165, 1.54) is 11.8 Å². The van der Waals surface area contributed by atoms with Crippen LogP contribution < -0.4 is 4.72 Å². The van der Waals surface area contributed by atoms with Crippen molar-refractivity contribution in [2.24, 2.45) is 0 Å². The smallest absolute Gasteiger partial charge is 0.259 e. The monoisotopic (exact) mass is 384 g/mol. The van der Waals surface area contributed by atoms with E-state index in [9.17, 15) is 18.0 Å². The first kappa shape index (κ1) is 18.2. The highest BCUT2D eigenvalue weighted by molar-refractivity contribution is 7.90. The molecule has 1 aromatic rings. The van der Waals surface area contributed by atoms with Crippen LogP contribution in [0.1, 0.15) is 38.7 Å². The first-order valence-corrected chi connectivity index (χ1v) is 10.3. The quantitative estimate of drug-likeness (QED) is 0.839. The van der Waals surface area contributed by atoms with Gasteiger partial charge >= 0.3 is 0 Å². The predicted molar refractivity (Wildman–Crippen MR) is 94.7 cm³/mol. The van der Waals surface area contributed by atoms with Crippen LogP contribution in [0.3, 0.4) is 0 Å². The largest absolute Gasteiger partial charge is 0.327 e. The van der Waals surface area contributed by atoms with Gasteiger partial charge in [0.15, 0.2) is 0 Å². The van der Waals surface area contributed by atoms with Crippen LogP contribution in [0.5, 0.6) is 0 Å². The number of rotatable bonds is 5. The lowest BCUT2D eigenvalue weighted by atomic mass is 9.82. The van der Waals surface area contributed by atoms with Gasteiger partial charge in [-0.05, 0) is 50.8 Å². The Balaban J connectivity index is 1.81. The summed E-state index contributed by atoms with van der Waals surface area (Å²) in [5, 5.41) is 0.602. The zero-order valence-corrected chi connectivity index (χ0v) is 15.8. The van der Waals surface area contributed by atoms with E-state index in [1.54, 1.807) is 19.1 Å². The average Bonchev–Trinajstić information content (AvgIpc) is 3.35. The molecule has 1 aliphatic heterocycles. The first-order chi connectivity index (χ1) is 11.6. The molecule has 1 aromatic carbocycles. The molecule has 2 aliphatic rings. The van der Waals surface area contributed by atoms with Crippen molar-refractivity contribution in [2.45, 2.75) is 44.1 Å². The molecule has 1 saturated heterocycles. The number of sulfonamides is 1. The minimum Gasteiger partial charge on any atom is -0.327 e. The molecule has 8 heteroatoms. The Hall–Kier alpha value is -1.60. The van der Waals surface area contributed by atoms with Crippen molar-refractivity contribution in [3.05, 3.63) is 34.9 Å². The average molecular weight is 385 g/mol. The summed E-state index contributed by atoms with van der Waals surface area (Å²) < 4.78 is 25.4. The van der Waals surface area contributed by atoms with E-state index < -0.39 is 26.9 Å². The summed E-state index contributed by atoms with van der Waals surface area (Å²) in [4.78, 5) is 27.1. The maximum absolute atomic E-state index is 13.1.